The number of hydrogen-bond donors (Lipinski definition) is 1. The van der Waals surface area contributed by atoms with Gasteiger partial charge < -0.3 is 15.2 Å². The maximum Gasteiger partial charge on any atom is 0.132 e. The van der Waals surface area contributed by atoms with Crippen molar-refractivity contribution < 1.29 is 9.47 Å². The molecule has 0 aliphatic carbocycles. The van der Waals surface area contributed by atoms with Crippen LogP contribution in [0.5, 0.6) is 11.5 Å². The standard InChI is InChI=1S/C16H19NO2S/c1-3-8-19-13-9-12(17)10-14(11-13)20-16-7-5-4-6-15(16)18-2/h4-7,9-11H,3,8,17H2,1-2H3. The Morgan fingerprint density at radius 2 is 1.95 bits per heavy atom. The predicted molar refractivity (Wildman–Crippen MR) is 83.8 cm³/mol. The second kappa shape index (κ2) is 7.10. The number of methoxy groups -OCH3 is 1. The van der Waals surface area contributed by atoms with Crippen LogP contribution in [0.25, 0.3) is 0 Å². The Kier molecular flexibility index (Phi) is 5.18. The summed E-state index contributed by atoms with van der Waals surface area (Å²) in [5, 5.41) is 0. The molecule has 0 heterocycles. The molecule has 0 spiro atoms. The van der Waals surface area contributed by atoms with Gasteiger partial charge in [0.1, 0.15) is 11.5 Å². The van der Waals surface area contributed by atoms with Gasteiger partial charge >= 0.3 is 0 Å². The fourth-order valence-electron chi connectivity index (χ4n) is 1.79. The van der Waals surface area contributed by atoms with E-state index in [2.05, 4.69) is 6.92 Å². The van der Waals surface area contributed by atoms with E-state index in [-0.39, 0.29) is 0 Å². The highest BCUT2D eigenvalue weighted by molar-refractivity contribution is 7.99. The lowest BCUT2D eigenvalue weighted by molar-refractivity contribution is 0.317. The van der Waals surface area contributed by atoms with Crippen molar-refractivity contribution in [2.24, 2.45) is 0 Å². The summed E-state index contributed by atoms with van der Waals surface area (Å²) in [5.41, 5.74) is 6.64. The van der Waals surface area contributed by atoms with Crippen LogP contribution in [-0.2, 0) is 0 Å². The van der Waals surface area contributed by atoms with E-state index in [1.54, 1.807) is 18.9 Å². The van der Waals surface area contributed by atoms with Gasteiger partial charge in [-0.2, -0.15) is 0 Å². The third-order valence-electron chi connectivity index (χ3n) is 2.67. The maximum absolute atomic E-state index is 5.93. The number of hydrogen-bond acceptors (Lipinski definition) is 4. The summed E-state index contributed by atoms with van der Waals surface area (Å²) >= 11 is 1.62. The first-order chi connectivity index (χ1) is 9.72. The quantitative estimate of drug-likeness (QED) is 0.809. The molecule has 0 saturated heterocycles. The van der Waals surface area contributed by atoms with Crippen molar-refractivity contribution in [3.63, 3.8) is 0 Å². The van der Waals surface area contributed by atoms with E-state index in [1.165, 1.54) is 0 Å². The first-order valence-electron chi connectivity index (χ1n) is 6.57. The van der Waals surface area contributed by atoms with Gasteiger partial charge in [0.05, 0.1) is 18.6 Å². The second-order valence-corrected chi connectivity index (χ2v) is 5.45. The summed E-state index contributed by atoms with van der Waals surface area (Å²) < 4.78 is 11.0. The molecule has 0 atom stereocenters. The Hall–Kier alpha value is -1.81. The molecule has 2 aromatic carbocycles. The lowest BCUT2D eigenvalue weighted by Crippen LogP contribution is -1.96. The Balaban J connectivity index is 2.22. The fraction of sp³-hybridized carbons (Fsp3) is 0.250. The van der Waals surface area contributed by atoms with Crippen LogP contribution < -0.4 is 15.2 Å². The van der Waals surface area contributed by atoms with Crippen molar-refractivity contribution in [3.8, 4) is 11.5 Å². The van der Waals surface area contributed by atoms with Gasteiger partial charge in [0, 0.05) is 16.6 Å². The minimum absolute atomic E-state index is 0.697. The Labute approximate surface area is 124 Å². The SMILES string of the molecule is CCCOc1cc(N)cc(Sc2ccccc2OC)c1. The molecule has 0 bridgehead atoms. The van der Waals surface area contributed by atoms with Crippen LogP contribution in [0.4, 0.5) is 5.69 Å². The Morgan fingerprint density at radius 3 is 2.70 bits per heavy atom. The summed E-state index contributed by atoms with van der Waals surface area (Å²) in [7, 11) is 1.68. The molecule has 0 aliphatic rings. The summed E-state index contributed by atoms with van der Waals surface area (Å²) in [6, 6.07) is 13.7. The monoisotopic (exact) mass is 289 g/mol. The van der Waals surface area contributed by atoms with E-state index in [0.717, 1.165) is 27.7 Å². The van der Waals surface area contributed by atoms with Crippen LogP contribution in [0.1, 0.15) is 13.3 Å². The van der Waals surface area contributed by atoms with E-state index in [0.29, 0.717) is 12.3 Å². The van der Waals surface area contributed by atoms with E-state index < -0.39 is 0 Å². The number of anilines is 1. The van der Waals surface area contributed by atoms with Gasteiger partial charge in [-0.3, -0.25) is 0 Å². The fourth-order valence-corrected chi connectivity index (χ4v) is 2.81. The second-order valence-electron chi connectivity index (χ2n) is 4.34. The molecule has 0 saturated carbocycles. The minimum atomic E-state index is 0.697. The van der Waals surface area contributed by atoms with E-state index in [4.69, 9.17) is 15.2 Å². The zero-order chi connectivity index (χ0) is 14.4. The van der Waals surface area contributed by atoms with Gasteiger partial charge in [0.15, 0.2) is 0 Å². The molecule has 106 valence electrons. The highest BCUT2D eigenvalue weighted by Gasteiger charge is 2.06. The van der Waals surface area contributed by atoms with Gasteiger partial charge in [-0.25, -0.2) is 0 Å². The molecule has 2 aromatic rings. The number of ether oxygens (including phenoxy) is 2. The van der Waals surface area contributed by atoms with Crippen molar-refractivity contribution in [2.75, 3.05) is 19.5 Å². The number of nitrogen functional groups attached to an aromatic ring is 1. The van der Waals surface area contributed by atoms with Crippen LogP contribution in [0, 0.1) is 0 Å². The normalized spacial score (nSPS) is 10.3. The number of rotatable bonds is 6. The van der Waals surface area contributed by atoms with Crippen molar-refractivity contribution in [3.05, 3.63) is 42.5 Å². The topological polar surface area (TPSA) is 44.5 Å². The largest absolute Gasteiger partial charge is 0.496 e. The Bertz CT molecular complexity index is 572. The average Bonchev–Trinajstić information content (AvgIpc) is 2.45. The smallest absolute Gasteiger partial charge is 0.132 e. The van der Waals surface area contributed by atoms with Gasteiger partial charge in [-0.15, -0.1) is 0 Å². The van der Waals surface area contributed by atoms with Gasteiger partial charge in [-0.05, 0) is 30.7 Å². The summed E-state index contributed by atoms with van der Waals surface area (Å²) in [4.78, 5) is 2.10. The third kappa shape index (κ3) is 3.84. The third-order valence-corrected chi connectivity index (χ3v) is 3.70. The van der Waals surface area contributed by atoms with Crippen LogP contribution in [0.3, 0.4) is 0 Å². The summed E-state index contributed by atoms with van der Waals surface area (Å²) in [6.07, 6.45) is 0.976. The molecule has 2 N–H and O–H groups in total. The molecular formula is C16H19NO2S. The molecule has 0 aromatic heterocycles. The molecule has 3 nitrogen and oxygen atoms in total. The lowest BCUT2D eigenvalue weighted by Gasteiger charge is -2.10. The van der Waals surface area contributed by atoms with Crippen LogP contribution in [0.15, 0.2) is 52.3 Å². The minimum Gasteiger partial charge on any atom is -0.496 e. The molecule has 2 rings (SSSR count). The molecule has 20 heavy (non-hydrogen) atoms. The summed E-state index contributed by atoms with van der Waals surface area (Å²) in [6.45, 7) is 2.78. The molecule has 4 heteroatoms. The average molecular weight is 289 g/mol. The zero-order valence-electron chi connectivity index (χ0n) is 11.8. The molecular weight excluding hydrogens is 270 g/mol. The number of nitrogens with two attached hydrogens (primary N) is 1. The van der Waals surface area contributed by atoms with Gasteiger partial charge in [0.25, 0.3) is 0 Å². The van der Waals surface area contributed by atoms with Crippen molar-refractivity contribution in [2.45, 2.75) is 23.1 Å². The highest BCUT2D eigenvalue weighted by atomic mass is 32.2. The van der Waals surface area contributed by atoms with E-state index >= 15 is 0 Å². The van der Waals surface area contributed by atoms with Crippen molar-refractivity contribution >= 4 is 17.4 Å². The van der Waals surface area contributed by atoms with Gasteiger partial charge in [-0.1, -0.05) is 30.8 Å². The zero-order valence-corrected chi connectivity index (χ0v) is 12.6. The highest BCUT2D eigenvalue weighted by Crippen LogP contribution is 2.37. The molecule has 0 aliphatic heterocycles. The lowest BCUT2D eigenvalue weighted by atomic mass is 10.3. The van der Waals surface area contributed by atoms with Crippen LogP contribution >= 0.6 is 11.8 Å². The van der Waals surface area contributed by atoms with Gasteiger partial charge in [0.2, 0.25) is 0 Å². The molecule has 0 amide bonds. The van der Waals surface area contributed by atoms with Crippen molar-refractivity contribution in [1.29, 1.82) is 0 Å². The maximum atomic E-state index is 5.93. The first kappa shape index (κ1) is 14.6. The first-order valence-corrected chi connectivity index (χ1v) is 7.39. The van der Waals surface area contributed by atoms with Crippen LogP contribution in [0.2, 0.25) is 0 Å². The Morgan fingerprint density at radius 1 is 1.15 bits per heavy atom. The van der Waals surface area contributed by atoms with Crippen LogP contribution in [-0.4, -0.2) is 13.7 Å². The van der Waals surface area contributed by atoms with E-state index in [1.807, 2.05) is 42.5 Å². The number of para-hydroxylation sites is 1. The molecule has 0 fully saturated rings. The summed E-state index contributed by atoms with van der Waals surface area (Å²) in [5.74, 6) is 1.67. The molecule has 0 radical (unpaired) electrons. The molecule has 0 unspecified atom stereocenters. The van der Waals surface area contributed by atoms with E-state index in [9.17, 15) is 0 Å². The number of benzene rings is 2. The predicted octanol–water partition coefficient (Wildman–Crippen LogP) is 4.22. The van der Waals surface area contributed by atoms with Crippen molar-refractivity contribution in [1.82, 2.24) is 0 Å².